The Morgan fingerprint density at radius 3 is 2.39 bits per heavy atom. The van der Waals surface area contributed by atoms with Gasteiger partial charge in [-0.25, -0.2) is 4.98 Å². The van der Waals surface area contributed by atoms with Gasteiger partial charge in [-0.3, -0.25) is 4.98 Å². The zero-order valence-electron chi connectivity index (χ0n) is 14.4. The minimum absolute atomic E-state index is 0.0792. The Morgan fingerprint density at radius 2 is 1.64 bits per heavy atom. The topological polar surface area (TPSA) is 58.0 Å². The fourth-order valence-corrected chi connectivity index (χ4v) is 3.68. The van der Waals surface area contributed by atoms with Gasteiger partial charge in [0.2, 0.25) is 0 Å². The quantitative estimate of drug-likeness (QED) is 0.388. The minimum Gasteiger partial charge on any atom is -0.505 e. The van der Waals surface area contributed by atoms with Gasteiger partial charge < -0.3 is 10.4 Å². The molecule has 140 valence electrons. The lowest BCUT2D eigenvalue weighted by molar-refractivity contribution is 0.471. The number of nitrogens with one attached hydrogen (secondary N) is 1. The van der Waals surface area contributed by atoms with Crippen LogP contribution in [0.1, 0.15) is 17.2 Å². The summed E-state index contributed by atoms with van der Waals surface area (Å²) in [5, 5.41) is 16.6. The third kappa shape index (κ3) is 3.72. The summed E-state index contributed by atoms with van der Waals surface area (Å²) in [7, 11) is 0. The predicted molar refractivity (Wildman–Crippen MR) is 115 cm³/mol. The van der Waals surface area contributed by atoms with Crippen molar-refractivity contribution in [3.63, 3.8) is 0 Å². The molecule has 2 aromatic heterocycles. The van der Waals surface area contributed by atoms with E-state index in [4.69, 9.17) is 34.8 Å². The number of anilines is 1. The molecule has 4 nitrogen and oxygen atoms in total. The summed E-state index contributed by atoms with van der Waals surface area (Å²) in [6.45, 7) is 0. The number of aromatic hydroxyl groups is 1. The van der Waals surface area contributed by atoms with Gasteiger partial charge in [0.05, 0.1) is 11.1 Å². The van der Waals surface area contributed by atoms with Crippen molar-refractivity contribution in [2.75, 3.05) is 5.32 Å². The van der Waals surface area contributed by atoms with E-state index in [1.165, 1.54) is 0 Å². The molecule has 2 N–H and O–H groups in total. The first-order chi connectivity index (χ1) is 13.5. The Morgan fingerprint density at radius 1 is 0.857 bits per heavy atom. The number of phenolic OH excluding ortho intramolecular Hbond substituents is 1. The molecule has 0 fully saturated rings. The first kappa shape index (κ1) is 18.8. The van der Waals surface area contributed by atoms with Crippen LogP contribution in [0.15, 0.2) is 67.0 Å². The zero-order valence-corrected chi connectivity index (χ0v) is 16.7. The van der Waals surface area contributed by atoms with Gasteiger partial charge in [0, 0.05) is 33.4 Å². The van der Waals surface area contributed by atoms with E-state index in [9.17, 15) is 5.11 Å². The number of halogens is 3. The Kier molecular flexibility index (Phi) is 5.27. The summed E-state index contributed by atoms with van der Waals surface area (Å²) in [4.78, 5) is 8.61. The minimum atomic E-state index is -0.482. The molecule has 2 heterocycles. The van der Waals surface area contributed by atoms with Crippen LogP contribution in [-0.4, -0.2) is 15.1 Å². The Balaban J connectivity index is 1.87. The largest absolute Gasteiger partial charge is 0.505 e. The molecule has 0 saturated carbocycles. The van der Waals surface area contributed by atoms with Crippen LogP contribution in [0, 0.1) is 0 Å². The molecule has 4 aromatic rings. The third-order valence-corrected chi connectivity index (χ3v) is 5.17. The maximum absolute atomic E-state index is 10.9. The van der Waals surface area contributed by atoms with E-state index in [1.54, 1.807) is 36.7 Å². The van der Waals surface area contributed by atoms with Gasteiger partial charge in [-0.05, 0) is 35.9 Å². The Hall–Kier alpha value is -2.53. The molecule has 1 unspecified atom stereocenters. The Labute approximate surface area is 176 Å². The molecule has 0 saturated heterocycles. The third-order valence-electron chi connectivity index (χ3n) is 4.38. The average Bonchev–Trinajstić information content (AvgIpc) is 2.69. The number of benzene rings is 2. The van der Waals surface area contributed by atoms with Gasteiger partial charge in [-0.1, -0.05) is 59.1 Å². The number of rotatable bonds is 4. The SMILES string of the molecule is Oc1c(C(Nc2ccc(Cl)cn2)c2ccc(Cl)cc2Cl)ccc2cccnc12. The molecular formula is C21H14Cl3N3O. The van der Waals surface area contributed by atoms with Crippen molar-refractivity contribution in [2.45, 2.75) is 6.04 Å². The van der Waals surface area contributed by atoms with E-state index in [-0.39, 0.29) is 5.75 Å². The van der Waals surface area contributed by atoms with Crippen molar-refractivity contribution in [3.8, 4) is 5.75 Å². The number of fused-ring (bicyclic) bond motifs is 1. The van der Waals surface area contributed by atoms with Crippen LogP contribution in [0.5, 0.6) is 5.75 Å². The highest BCUT2D eigenvalue weighted by Crippen LogP contribution is 2.39. The number of phenols is 1. The predicted octanol–water partition coefficient (Wildman–Crippen LogP) is 6.50. The zero-order chi connectivity index (χ0) is 19.7. The summed E-state index contributed by atoms with van der Waals surface area (Å²) in [5.41, 5.74) is 1.88. The lowest BCUT2D eigenvalue weighted by atomic mass is 9.96. The second-order valence-electron chi connectivity index (χ2n) is 6.18. The number of pyridine rings is 2. The average molecular weight is 431 g/mol. The van der Waals surface area contributed by atoms with Crippen molar-refractivity contribution in [2.24, 2.45) is 0 Å². The smallest absolute Gasteiger partial charge is 0.147 e. The molecule has 0 radical (unpaired) electrons. The lowest BCUT2D eigenvalue weighted by Crippen LogP contribution is -2.14. The van der Waals surface area contributed by atoms with Crippen LogP contribution in [0.2, 0.25) is 15.1 Å². The standard InChI is InChI=1S/C21H14Cl3N3O/c22-13-4-7-15(17(24)10-13)20(27-18-8-5-14(23)11-26-18)16-6-3-12-2-1-9-25-19(12)21(16)28/h1-11,20,28H,(H,26,27). The van der Waals surface area contributed by atoms with Crippen molar-refractivity contribution in [1.82, 2.24) is 9.97 Å². The van der Waals surface area contributed by atoms with Gasteiger partial charge in [-0.2, -0.15) is 0 Å². The highest BCUT2D eigenvalue weighted by Gasteiger charge is 2.22. The van der Waals surface area contributed by atoms with Gasteiger partial charge >= 0.3 is 0 Å². The fraction of sp³-hybridized carbons (Fsp3) is 0.0476. The molecule has 0 aliphatic carbocycles. The van der Waals surface area contributed by atoms with Crippen molar-refractivity contribution < 1.29 is 5.11 Å². The lowest BCUT2D eigenvalue weighted by Gasteiger charge is -2.23. The number of aromatic nitrogens is 2. The molecule has 7 heteroatoms. The highest BCUT2D eigenvalue weighted by molar-refractivity contribution is 6.35. The summed E-state index contributed by atoms with van der Waals surface area (Å²) in [6.07, 6.45) is 3.19. The first-order valence-corrected chi connectivity index (χ1v) is 9.56. The van der Waals surface area contributed by atoms with Crippen molar-refractivity contribution in [1.29, 1.82) is 0 Å². The monoisotopic (exact) mass is 429 g/mol. The maximum Gasteiger partial charge on any atom is 0.147 e. The van der Waals surface area contributed by atoms with Gasteiger partial charge in [-0.15, -0.1) is 0 Å². The van der Waals surface area contributed by atoms with E-state index < -0.39 is 6.04 Å². The molecule has 0 aliphatic heterocycles. The van der Waals surface area contributed by atoms with Crippen molar-refractivity contribution in [3.05, 3.63) is 93.2 Å². The molecule has 4 rings (SSSR count). The number of hydrogen-bond donors (Lipinski definition) is 2. The molecule has 1 atom stereocenters. The van der Waals surface area contributed by atoms with E-state index >= 15 is 0 Å². The van der Waals surface area contributed by atoms with Crippen LogP contribution >= 0.6 is 34.8 Å². The van der Waals surface area contributed by atoms with Crippen LogP contribution in [0.3, 0.4) is 0 Å². The van der Waals surface area contributed by atoms with E-state index in [0.29, 0.717) is 32.0 Å². The van der Waals surface area contributed by atoms with E-state index in [2.05, 4.69) is 15.3 Å². The Bertz CT molecular complexity index is 1150. The number of nitrogens with zero attached hydrogens (tertiary/aromatic N) is 2. The highest BCUT2D eigenvalue weighted by atomic mass is 35.5. The van der Waals surface area contributed by atoms with Gasteiger partial charge in [0.25, 0.3) is 0 Å². The van der Waals surface area contributed by atoms with Gasteiger partial charge in [0.15, 0.2) is 0 Å². The second kappa shape index (κ2) is 7.84. The summed E-state index contributed by atoms with van der Waals surface area (Å²) < 4.78 is 0. The van der Waals surface area contributed by atoms with Crippen LogP contribution in [0.25, 0.3) is 10.9 Å². The van der Waals surface area contributed by atoms with Crippen LogP contribution in [-0.2, 0) is 0 Å². The normalized spacial score (nSPS) is 12.1. The molecular weight excluding hydrogens is 417 g/mol. The van der Waals surface area contributed by atoms with Gasteiger partial charge in [0.1, 0.15) is 17.1 Å². The van der Waals surface area contributed by atoms with E-state index in [1.807, 2.05) is 30.3 Å². The molecule has 0 spiro atoms. The van der Waals surface area contributed by atoms with Crippen LogP contribution < -0.4 is 5.32 Å². The summed E-state index contributed by atoms with van der Waals surface area (Å²) in [6, 6.07) is 15.7. The number of hydrogen-bond acceptors (Lipinski definition) is 4. The molecule has 0 bridgehead atoms. The van der Waals surface area contributed by atoms with E-state index in [0.717, 1.165) is 10.9 Å². The maximum atomic E-state index is 10.9. The van der Waals surface area contributed by atoms with Crippen molar-refractivity contribution >= 4 is 51.5 Å². The molecule has 2 aromatic carbocycles. The molecule has 0 aliphatic rings. The molecule has 28 heavy (non-hydrogen) atoms. The molecule has 0 amide bonds. The summed E-state index contributed by atoms with van der Waals surface area (Å²) in [5.74, 6) is 0.663. The summed E-state index contributed by atoms with van der Waals surface area (Å²) >= 11 is 18.5. The first-order valence-electron chi connectivity index (χ1n) is 8.42. The van der Waals surface area contributed by atoms with Crippen LogP contribution in [0.4, 0.5) is 5.82 Å². The second-order valence-corrected chi connectivity index (χ2v) is 7.46. The fourth-order valence-electron chi connectivity index (χ4n) is 3.05.